The standard InChI is InChI=1S/C21H18N4O2/c26-9-10-27-24-13-16-6-8-25-20(15-23-21(25)11-16)18-4-1-3-17(12-18)19-5-2-7-22-14-19/h1-8,11-15,26H,9-10H2/b24-13+. The number of rotatable bonds is 6. The number of fused-ring (bicyclic) bond motifs is 1. The van der Waals surface area contributed by atoms with Crippen LogP contribution in [0.3, 0.4) is 0 Å². The number of pyridine rings is 2. The molecule has 27 heavy (non-hydrogen) atoms. The van der Waals surface area contributed by atoms with Gasteiger partial charge in [-0.15, -0.1) is 0 Å². The first-order chi connectivity index (χ1) is 13.3. The molecule has 1 N–H and O–H groups in total. The summed E-state index contributed by atoms with van der Waals surface area (Å²) < 4.78 is 2.04. The first-order valence-corrected chi connectivity index (χ1v) is 8.59. The van der Waals surface area contributed by atoms with Gasteiger partial charge in [-0.25, -0.2) is 4.98 Å². The monoisotopic (exact) mass is 358 g/mol. The summed E-state index contributed by atoms with van der Waals surface area (Å²) in [7, 11) is 0. The lowest BCUT2D eigenvalue weighted by Crippen LogP contribution is -1.94. The van der Waals surface area contributed by atoms with Gasteiger partial charge in [0.1, 0.15) is 12.3 Å². The van der Waals surface area contributed by atoms with Gasteiger partial charge < -0.3 is 9.94 Å². The van der Waals surface area contributed by atoms with Crippen LogP contribution in [-0.2, 0) is 4.84 Å². The molecular weight excluding hydrogens is 340 g/mol. The van der Waals surface area contributed by atoms with Crippen molar-refractivity contribution in [1.82, 2.24) is 14.4 Å². The summed E-state index contributed by atoms with van der Waals surface area (Å²) in [5.74, 6) is 0. The number of hydrogen-bond acceptors (Lipinski definition) is 5. The van der Waals surface area contributed by atoms with Crippen LogP contribution in [0.4, 0.5) is 0 Å². The second-order valence-corrected chi connectivity index (χ2v) is 5.95. The third-order valence-electron chi connectivity index (χ3n) is 4.15. The maximum atomic E-state index is 8.69. The van der Waals surface area contributed by atoms with Crippen LogP contribution in [-0.4, -0.2) is 38.9 Å². The Morgan fingerprint density at radius 3 is 2.78 bits per heavy atom. The fraction of sp³-hybridized carbons (Fsp3) is 0.0952. The van der Waals surface area contributed by atoms with Crippen LogP contribution in [0, 0.1) is 0 Å². The fourth-order valence-electron chi connectivity index (χ4n) is 2.87. The smallest absolute Gasteiger partial charge is 0.140 e. The Morgan fingerprint density at radius 2 is 1.93 bits per heavy atom. The number of oxime groups is 1. The van der Waals surface area contributed by atoms with Crippen LogP contribution < -0.4 is 0 Å². The molecule has 0 saturated heterocycles. The van der Waals surface area contributed by atoms with Crippen LogP contribution in [0.1, 0.15) is 5.56 Å². The summed E-state index contributed by atoms with van der Waals surface area (Å²) in [6, 6.07) is 16.2. The van der Waals surface area contributed by atoms with E-state index in [1.165, 1.54) is 0 Å². The molecule has 0 radical (unpaired) electrons. The van der Waals surface area contributed by atoms with Gasteiger partial charge in [-0.3, -0.25) is 9.38 Å². The molecule has 3 heterocycles. The predicted octanol–water partition coefficient (Wildman–Crippen LogP) is 3.41. The van der Waals surface area contributed by atoms with Crippen LogP contribution in [0.2, 0.25) is 0 Å². The molecule has 134 valence electrons. The number of aliphatic hydroxyl groups excluding tert-OH is 1. The third kappa shape index (κ3) is 3.70. The van der Waals surface area contributed by atoms with Crippen molar-refractivity contribution >= 4 is 11.9 Å². The van der Waals surface area contributed by atoms with Crippen LogP contribution >= 0.6 is 0 Å². The SMILES string of the molecule is OCCO/N=C/c1ccn2c(-c3cccc(-c4cccnc4)c3)cnc2c1. The van der Waals surface area contributed by atoms with Crippen molar-refractivity contribution in [2.24, 2.45) is 5.16 Å². The number of aromatic nitrogens is 3. The number of benzene rings is 1. The molecule has 0 aliphatic carbocycles. The predicted molar refractivity (Wildman–Crippen MR) is 104 cm³/mol. The molecular formula is C21H18N4O2. The zero-order valence-corrected chi connectivity index (χ0v) is 14.6. The average molecular weight is 358 g/mol. The van der Waals surface area contributed by atoms with Crippen molar-refractivity contribution in [1.29, 1.82) is 0 Å². The Bertz CT molecular complexity index is 1070. The number of imidazole rings is 1. The van der Waals surface area contributed by atoms with Crippen LogP contribution in [0.25, 0.3) is 28.0 Å². The quantitative estimate of drug-likeness (QED) is 0.326. The lowest BCUT2D eigenvalue weighted by atomic mass is 10.0. The van der Waals surface area contributed by atoms with E-state index < -0.39 is 0 Å². The molecule has 0 spiro atoms. The van der Waals surface area contributed by atoms with Crippen molar-refractivity contribution in [3.63, 3.8) is 0 Å². The molecule has 0 unspecified atom stereocenters. The molecule has 0 aliphatic heterocycles. The Hall–Kier alpha value is -3.51. The highest BCUT2D eigenvalue weighted by atomic mass is 16.6. The van der Waals surface area contributed by atoms with Crippen molar-refractivity contribution in [3.8, 4) is 22.4 Å². The molecule has 4 aromatic rings. The maximum Gasteiger partial charge on any atom is 0.140 e. The van der Waals surface area contributed by atoms with E-state index in [4.69, 9.17) is 9.94 Å². The van der Waals surface area contributed by atoms with E-state index in [-0.39, 0.29) is 13.2 Å². The molecule has 0 aliphatic rings. The van der Waals surface area contributed by atoms with E-state index in [9.17, 15) is 0 Å². The Morgan fingerprint density at radius 1 is 1.04 bits per heavy atom. The van der Waals surface area contributed by atoms with E-state index >= 15 is 0 Å². The Balaban J connectivity index is 1.66. The minimum atomic E-state index is -0.0574. The van der Waals surface area contributed by atoms with Crippen molar-refractivity contribution in [3.05, 3.63) is 78.9 Å². The van der Waals surface area contributed by atoms with Crippen LogP contribution in [0.15, 0.2) is 78.5 Å². The summed E-state index contributed by atoms with van der Waals surface area (Å²) in [6.45, 7) is 0.123. The molecule has 3 aromatic heterocycles. The highest BCUT2D eigenvalue weighted by molar-refractivity contribution is 5.81. The minimum absolute atomic E-state index is 0.0574. The van der Waals surface area contributed by atoms with Gasteiger partial charge in [-0.05, 0) is 29.8 Å². The summed E-state index contributed by atoms with van der Waals surface area (Å²) in [5.41, 5.74) is 5.98. The van der Waals surface area contributed by atoms with Gasteiger partial charge in [0.25, 0.3) is 0 Å². The Labute approximate surface area is 156 Å². The van der Waals surface area contributed by atoms with Crippen LogP contribution in [0.5, 0.6) is 0 Å². The van der Waals surface area contributed by atoms with Gasteiger partial charge >= 0.3 is 0 Å². The van der Waals surface area contributed by atoms with Gasteiger partial charge in [0.05, 0.1) is 24.7 Å². The zero-order valence-electron chi connectivity index (χ0n) is 14.6. The number of aliphatic hydroxyl groups is 1. The van der Waals surface area contributed by atoms with E-state index in [1.807, 2.05) is 53.3 Å². The van der Waals surface area contributed by atoms with Crippen molar-refractivity contribution in [2.45, 2.75) is 0 Å². The van der Waals surface area contributed by atoms with Gasteiger partial charge in [-0.1, -0.05) is 29.4 Å². The van der Waals surface area contributed by atoms with E-state index in [1.54, 1.807) is 12.4 Å². The van der Waals surface area contributed by atoms with E-state index in [0.29, 0.717) is 0 Å². The maximum absolute atomic E-state index is 8.69. The lowest BCUT2D eigenvalue weighted by Gasteiger charge is -2.06. The van der Waals surface area contributed by atoms with Crippen molar-refractivity contribution in [2.75, 3.05) is 13.2 Å². The second kappa shape index (κ2) is 7.80. The molecule has 0 bridgehead atoms. The van der Waals surface area contributed by atoms with E-state index in [0.717, 1.165) is 33.6 Å². The first-order valence-electron chi connectivity index (χ1n) is 8.59. The third-order valence-corrected chi connectivity index (χ3v) is 4.15. The zero-order chi connectivity index (χ0) is 18.5. The normalized spacial score (nSPS) is 11.3. The largest absolute Gasteiger partial charge is 0.393 e. The fourth-order valence-corrected chi connectivity index (χ4v) is 2.87. The summed E-state index contributed by atoms with van der Waals surface area (Å²) >= 11 is 0. The molecule has 0 amide bonds. The number of hydrogen-bond donors (Lipinski definition) is 1. The topological polar surface area (TPSA) is 72.0 Å². The summed E-state index contributed by atoms with van der Waals surface area (Å²) in [6.07, 6.45) is 9.06. The van der Waals surface area contributed by atoms with Gasteiger partial charge in [0.15, 0.2) is 0 Å². The summed E-state index contributed by atoms with van der Waals surface area (Å²) in [4.78, 5) is 13.6. The molecule has 1 aromatic carbocycles. The summed E-state index contributed by atoms with van der Waals surface area (Å²) in [5, 5.41) is 12.5. The average Bonchev–Trinajstić information content (AvgIpc) is 3.15. The number of nitrogens with zero attached hydrogens (tertiary/aromatic N) is 4. The Kier molecular flexibility index (Phi) is 4.89. The first kappa shape index (κ1) is 16.9. The van der Waals surface area contributed by atoms with Crippen molar-refractivity contribution < 1.29 is 9.94 Å². The lowest BCUT2D eigenvalue weighted by molar-refractivity contribution is 0.0997. The molecule has 0 saturated carbocycles. The highest BCUT2D eigenvalue weighted by Crippen LogP contribution is 2.26. The molecule has 6 nitrogen and oxygen atoms in total. The van der Waals surface area contributed by atoms with Gasteiger partial charge in [0.2, 0.25) is 0 Å². The minimum Gasteiger partial charge on any atom is -0.393 e. The van der Waals surface area contributed by atoms with Gasteiger partial charge in [0, 0.05) is 35.3 Å². The van der Waals surface area contributed by atoms with Gasteiger partial charge in [-0.2, -0.15) is 0 Å². The second-order valence-electron chi connectivity index (χ2n) is 5.95. The molecule has 0 fully saturated rings. The molecule has 0 atom stereocenters. The molecule has 4 rings (SSSR count). The highest BCUT2D eigenvalue weighted by Gasteiger charge is 2.08. The molecule has 6 heteroatoms. The van der Waals surface area contributed by atoms with E-state index in [2.05, 4.69) is 33.3 Å².